The molecule has 240 valence electrons. The molecule has 0 unspecified atom stereocenters. The second-order valence-electron chi connectivity index (χ2n) is 12.3. The van der Waals surface area contributed by atoms with Crippen LogP contribution in [0.1, 0.15) is 64.2 Å². The molecule has 7 heterocycles. The van der Waals surface area contributed by atoms with Crippen molar-refractivity contribution in [3.8, 4) is 27.6 Å². The normalized spacial score (nSPS) is 18.1. The maximum atomic E-state index is 14.1. The van der Waals surface area contributed by atoms with Crippen molar-refractivity contribution in [1.82, 2.24) is 25.1 Å². The molecule has 4 aromatic heterocycles. The SMILES string of the molecule is O=C1c2c(nc(CCc3ccc(F)cc3)c(-c3n[nH]c(=O)o3)c2-c2cc3ccnc(N[C@@H]4CCOc5ccccc54)c3s2)[C@H]2CCCN12. The van der Waals surface area contributed by atoms with E-state index in [1.165, 1.54) is 23.5 Å². The fraction of sp³-hybridized carbons (Fsp3) is 0.250. The summed E-state index contributed by atoms with van der Waals surface area (Å²) in [5, 5.41) is 11.3. The standard InChI is InChI=1S/C36H29FN6O4S/c37-21-10-7-19(8-11-21)9-12-24-28(34-41-42-36(45)47-34)29(30-31(39-24)25-5-3-16-43(25)35(30)44)27-18-20-13-15-38-33(32(20)48-27)40-23-14-17-46-26-6-2-1-4-22(23)26/h1-2,4,6-8,10-11,13,15,18,23,25H,3,5,9,12,14,16-17H2,(H,38,40)(H,42,45)/t23-,25-/m1/s1. The first-order valence-corrected chi connectivity index (χ1v) is 16.9. The van der Waals surface area contributed by atoms with Gasteiger partial charge in [-0.15, -0.1) is 16.4 Å². The number of amides is 1. The highest BCUT2D eigenvalue weighted by Crippen LogP contribution is 2.50. The summed E-state index contributed by atoms with van der Waals surface area (Å²) in [5.74, 6) is 0.609. The molecule has 2 atom stereocenters. The number of fused-ring (bicyclic) bond motifs is 5. The summed E-state index contributed by atoms with van der Waals surface area (Å²) < 4.78 is 26.1. The molecule has 3 aliphatic heterocycles. The van der Waals surface area contributed by atoms with Crippen LogP contribution in [-0.2, 0) is 12.8 Å². The molecule has 6 aromatic rings. The lowest BCUT2D eigenvalue weighted by Crippen LogP contribution is -2.22. The molecule has 48 heavy (non-hydrogen) atoms. The summed E-state index contributed by atoms with van der Waals surface area (Å²) in [4.78, 5) is 39.1. The Labute approximate surface area is 277 Å². The number of aryl methyl sites for hydroxylation is 2. The van der Waals surface area contributed by atoms with Crippen molar-refractivity contribution in [1.29, 1.82) is 0 Å². The molecule has 1 fully saturated rings. The minimum Gasteiger partial charge on any atom is -0.493 e. The summed E-state index contributed by atoms with van der Waals surface area (Å²) in [7, 11) is 0. The molecular formula is C36H29FN6O4S. The number of benzene rings is 2. The van der Waals surface area contributed by atoms with Gasteiger partial charge in [-0.1, -0.05) is 30.3 Å². The van der Waals surface area contributed by atoms with E-state index in [2.05, 4.69) is 27.6 Å². The summed E-state index contributed by atoms with van der Waals surface area (Å²) in [6, 6.07) is 18.4. The van der Waals surface area contributed by atoms with E-state index >= 15 is 0 Å². The zero-order valence-corrected chi connectivity index (χ0v) is 26.5. The maximum absolute atomic E-state index is 14.1. The van der Waals surface area contributed by atoms with Gasteiger partial charge in [-0.25, -0.2) is 19.3 Å². The van der Waals surface area contributed by atoms with Crippen LogP contribution in [0.15, 0.2) is 76.1 Å². The first-order chi connectivity index (χ1) is 23.5. The van der Waals surface area contributed by atoms with Gasteiger partial charge < -0.3 is 19.4 Å². The lowest BCUT2D eigenvalue weighted by molar-refractivity contribution is 0.0776. The third-order valence-electron chi connectivity index (χ3n) is 9.51. The van der Waals surface area contributed by atoms with Crippen LogP contribution in [-0.4, -0.2) is 44.1 Å². The lowest BCUT2D eigenvalue weighted by Gasteiger charge is -2.27. The van der Waals surface area contributed by atoms with Crippen LogP contribution in [0.3, 0.4) is 0 Å². The number of carbonyl (C=O) groups excluding carboxylic acids is 1. The highest BCUT2D eigenvalue weighted by molar-refractivity contribution is 7.23. The Bertz CT molecular complexity index is 2280. The molecular weight excluding hydrogens is 631 g/mol. The highest BCUT2D eigenvalue weighted by Gasteiger charge is 2.45. The van der Waals surface area contributed by atoms with Crippen LogP contribution in [0, 0.1) is 5.82 Å². The Hall–Kier alpha value is -5.36. The topological polar surface area (TPSA) is 126 Å². The summed E-state index contributed by atoms with van der Waals surface area (Å²) in [6.07, 6.45) is 5.33. The number of pyridine rings is 2. The number of carbonyl (C=O) groups is 1. The number of thiophene rings is 1. The average molecular weight is 661 g/mol. The largest absolute Gasteiger partial charge is 0.493 e. The van der Waals surface area contributed by atoms with E-state index in [4.69, 9.17) is 19.1 Å². The number of aromatic amines is 1. The Morgan fingerprint density at radius 3 is 2.75 bits per heavy atom. The van der Waals surface area contributed by atoms with Crippen molar-refractivity contribution in [3.63, 3.8) is 0 Å². The Kier molecular flexibility index (Phi) is 6.85. The van der Waals surface area contributed by atoms with E-state index in [0.717, 1.165) is 62.6 Å². The van der Waals surface area contributed by atoms with Crippen LogP contribution in [0.25, 0.3) is 32.0 Å². The predicted octanol–water partition coefficient (Wildman–Crippen LogP) is 6.85. The third kappa shape index (κ3) is 4.78. The molecule has 0 bridgehead atoms. The molecule has 0 aliphatic carbocycles. The minimum absolute atomic E-state index is 0.0180. The molecule has 3 aliphatic rings. The molecule has 9 rings (SSSR count). The van der Waals surface area contributed by atoms with E-state index in [9.17, 15) is 14.0 Å². The fourth-order valence-corrected chi connectivity index (χ4v) is 8.47. The Morgan fingerprint density at radius 2 is 1.90 bits per heavy atom. The number of hydrogen-bond donors (Lipinski definition) is 2. The van der Waals surface area contributed by atoms with Gasteiger partial charge in [0.1, 0.15) is 17.4 Å². The summed E-state index contributed by atoms with van der Waals surface area (Å²) in [6.45, 7) is 1.26. The van der Waals surface area contributed by atoms with Crippen molar-refractivity contribution in [2.45, 2.75) is 44.2 Å². The first kappa shape index (κ1) is 28.8. The van der Waals surface area contributed by atoms with Crippen molar-refractivity contribution in [2.24, 2.45) is 0 Å². The smallest absolute Gasteiger partial charge is 0.434 e. The average Bonchev–Trinajstić information content (AvgIpc) is 3.90. The van der Waals surface area contributed by atoms with Gasteiger partial charge in [0.2, 0.25) is 0 Å². The number of nitrogens with zero attached hydrogens (tertiary/aromatic N) is 4. The van der Waals surface area contributed by atoms with Crippen molar-refractivity contribution in [3.05, 3.63) is 111 Å². The molecule has 0 saturated carbocycles. The molecule has 2 N–H and O–H groups in total. The molecule has 1 saturated heterocycles. The first-order valence-electron chi connectivity index (χ1n) is 16.1. The zero-order valence-electron chi connectivity index (χ0n) is 25.7. The van der Waals surface area contributed by atoms with Gasteiger partial charge in [0.05, 0.1) is 45.9 Å². The molecule has 12 heteroatoms. The number of anilines is 1. The summed E-state index contributed by atoms with van der Waals surface area (Å²) >= 11 is 1.53. The van der Waals surface area contributed by atoms with E-state index in [1.54, 1.807) is 18.3 Å². The second kappa shape index (κ2) is 11.4. The van der Waals surface area contributed by atoms with E-state index in [1.807, 2.05) is 29.2 Å². The van der Waals surface area contributed by atoms with Crippen LogP contribution >= 0.6 is 11.3 Å². The fourth-order valence-electron chi connectivity index (χ4n) is 7.31. The van der Waals surface area contributed by atoms with Crippen LogP contribution in [0.4, 0.5) is 10.2 Å². The van der Waals surface area contributed by atoms with Crippen molar-refractivity contribution < 1.29 is 18.3 Å². The van der Waals surface area contributed by atoms with Crippen molar-refractivity contribution >= 4 is 33.1 Å². The van der Waals surface area contributed by atoms with Gasteiger partial charge in [-0.05, 0) is 67.0 Å². The number of halogens is 1. The van der Waals surface area contributed by atoms with Gasteiger partial charge in [0.15, 0.2) is 0 Å². The minimum atomic E-state index is -0.698. The van der Waals surface area contributed by atoms with Gasteiger partial charge in [-0.2, -0.15) is 0 Å². The van der Waals surface area contributed by atoms with Gasteiger partial charge in [0.25, 0.3) is 11.8 Å². The number of nitrogens with one attached hydrogen (secondary N) is 2. The van der Waals surface area contributed by atoms with Gasteiger partial charge >= 0.3 is 5.76 Å². The second-order valence-corrected chi connectivity index (χ2v) is 13.4. The van der Waals surface area contributed by atoms with E-state index in [0.29, 0.717) is 48.4 Å². The molecule has 0 spiro atoms. The van der Waals surface area contributed by atoms with Crippen LogP contribution in [0.5, 0.6) is 5.75 Å². The molecule has 2 aromatic carbocycles. The Balaban J connectivity index is 1.22. The number of aromatic nitrogens is 4. The number of para-hydroxylation sites is 1. The van der Waals surface area contributed by atoms with Gasteiger partial charge in [0, 0.05) is 35.2 Å². The predicted molar refractivity (Wildman–Crippen MR) is 179 cm³/mol. The molecule has 0 radical (unpaired) electrons. The number of rotatable bonds is 7. The van der Waals surface area contributed by atoms with Gasteiger partial charge in [-0.3, -0.25) is 9.78 Å². The zero-order chi connectivity index (χ0) is 32.4. The number of H-pyrrole nitrogens is 1. The van der Waals surface area contributed by atoms with Crippen molar-refractivity contribution in [2.75, 3.05) is 18.5 Å². The molecule has 10 nitrogen and oxygen atoms in total. The number of ether oxygens (including phenoxy) is 1. The molecule has 1 amide bonds. The monoisotopic (exact) mass is 660 g/mol. The number of hydrogen-bond acceptors (Lipinski definition) is 9. The maximum Gasteiger partial charge on any atom is 0.434 e. The Morgan fingerprint density at radius 1 is 1.02 bits per heavy atom. The summed E-state index contributed by atoms with van der Waals surface area (Å²) in [5.41, 5.74) is 5.13. The quantitative estimate of drug-likeness (QED) is 0.190. The van der Waals surface area contributed by atoms with E-state index in [-0.39, 0.29) is 29.7 Å². The van der Waals surface area contributed by atoms with Crippen LogP contribution < -0.4 is 15.8 Å². The highest BCUT2D eigenvalue weighted by atomic mass is 32.1. The van der Waals surface area contributed by atoms with Crippen LogP contribution in [0.2, 0.25) is 0 Å². The lowest BCUT2D eigenvalue weighted by atomic mass is 9.93. The van der Waals surface area contributed by atoms with E-state index < -0.39 is 5.76 Å². The third-order valence-corrected chi connectivity index (χ3v) is 10.7.